The second-order valence-corrected chi connectivity index (χ2v) is 5.05. The van der Waals surface area contributed by atoms with Crippen molar-refractivity contribution in [3.63, 3.8) is 0 Å². The predicted octanol–water partition coefficient (Wildman–Crippen LogP) is 3.90. The zero-order valence-electron chi connectivity index (χ0n) is 11.1. The molecule has 1 unspecified atom stereocenters. The summed E-state index contributed by atoms with van der Waals surface area (Å²) < 4.78 is 18.2. The van der Waals surface area contributed by atoms with E-state index >= 15 is 0 Å². The third kappa shape index (κ3) is 3.79. The molecular weight excluding hydrogens is 279 g/mol. The normalized spacial score (nSPS) is 12.4. The molecule has 106 valence electrons. The summed E-state index contributed by atoms with van der Waals surface area (Å²) in [6, 6.07) is 12.1. The highest BCUT2D eigenvalue weighted by Gasteiger charge is 2.10. The first kappa shape index (κ1) is 15.0. The summed E-state index contributed by atoms with van der Waals surface area (Å²) in [7, 11) is 1.63. The summed E-state index contributed by atoms with van der Waals surface area (Å²) in [6.45, 7) is 0.503. The summed E-state index contributed by atoms with van der Waals surface area (Å²) in [5, 5.41) is 10.3. The molecule has 1 atom stereocenters. The van der Waals surface area contributed by atoms with Crippen LogP contribution in [0.3, 0.4) is 0 Å². The van der Waals surface area contributed by atoms with E-state index in [9.17, 15) is 9.50 Å². The van der Waals surface area contributed by atoms with Gasteiger partial charge in [-0.15, -0.1) is 0 Å². The zero-order valence-corrected chi connectivity index (χ0v) is 11.9. The maximum Gasteiger partial charge on any atom is 0.141 e. The lowest BCUT2D eigenvalue weighted by Gasteiger charge is -2.13. The molecule has 0 aliphatic carbocycles. The van der Waals surface area contributed by atoms with E-state index < -0.39 is 11.9 Å². The van der Waals surface area contributed by atoms with Gasteiger partial charge in [-0.2, -0.15) is 0 Å². The standard InChI is InChI=1S/C16H16ClFO2/c1-20-10-12-3-2-4-13(7-12)16(19)9-11-5-6-15(18)14(17)8-11/h2-8,16,19H,9-10H2,1H3. The van der Waals surface area contributed by atoms with Crippen molar-refractivity contribution in [3.8, 4) is 0 Å². The maximum atomic E-state index is 13.1. The fourth-order valence-corrected chi connectivity index (χ4v) is 2.27. The Morgan fingerprint density at radius 2 is 2.00 bits per heavy atom. The smallest absolute Gasteiger partial charge is 0.141 e. The van der Waals surface area contributed by atoms with Crippen LogP contribution in [0.25, 0.3) is 0 Å². The van der Waals surface area contributed by atoms with Gasteiger partial charge in [0.1, 0.15) is 5.82 Å². The average molecular weight is 295 g/mol. The van der Waals surface area contributed by atoms with Crippen LogP contribution in [0.1, 0.15) is 22.8 Å². The lowest BCUT2D eigenvalue weighted by molar-refractivity contribution is 0.175. The van der Waals surface area contributed by atoms with Gasteiger partial charge in [-0.05, 0) is 28.8 Å². The number of hydrogen-bond donors (Lipinski definition) is 1. The number of methoxy groups -OCH3 is 1. The van der Waals surface area contributed by atoms with E-state index in [0.29, 0.717) is 13.0 Å². The minimum Gasteiger partial charge on any atom is -0.388 e. The summed E-state index contributed by atoms with van der Waals surface area (Å²) in [6.07, 6.45) is -0.274. The highest BCUT2D eigenvalue weighted by molar-refractivity contribution is 6.30. The number of ether oxygens (including phenoxy) is 1. The van der Waals surface area contributed by atoms with E-state index in [1.165, 1.54) is 6.07 Å². The van der Waals surface area contributed by atoms with Crippen LogP contribution >= 0.6 is 11.6 Å². The van der Waals surface area contributed by atoms with Crippen LogP contribution < -0.4 is 0 Å². The minimum atomic E-state index is -0.659. The number of halogens is 2. The number of aliphatic hydroxyl groups excluding tert-OH is 1. The first-order valence-electron chi connectivity index (χ1n) is 6.30. The van der Waals surface area contributed by atoms with Crippen molar-refractivity contribution in [3.05, 3.63) is 70.0 Å². The Hall–Kier alpha value is -1.42. The van der Waals surface area contributed by atoms with Crippen LogP contribution in [0.5, 0.6) is 0 Å². The second kappa shape index (κ2) is 6.84. The van der Waals surface area contributed by atoms with Gasteiger partial charge in [0.15, 0.2) is 0 Å². The van der Waals surface area contributed by atoms with Gasteiger partial charge in [0.2, 0.25) is 0 Å². The van der Waals surface area contributed by atoms with Crippen molar-refractivity contribution in [1.29, 1.82) is 0 Å². The monoisotopic (exact) mass is 294 g/mol. The van der Waals surface area contributed by atoms with E-state index in [2.05, 4.69) is 0 Å². The van der Waals surface area contributed by atoms with Crippen LogP contribution in [0.2, 0.25) is 5.02 Å². The Morgan fingerprint density at radius 1 is 1.20 bits per heavy atom. The molecule has 2 nitrogen and oxygen atoms in total. The third-order valence-corrected chi connectivity index (χ3v) is 3.35. The SMILES string of the molecule is COCc1cccc(C(O)Cc2ccc(F)c(Cl)c2)c1. The lowest BCUT2D eigenvalue weighted by atomic mass is 10.00. The van der Waals surface area contributed by atoms with Crippen LogP contribution in [-0.2, 0) is 17.8 Å². The van der Waals surface area contributed by atoms with Gasteiger partial charge in [0, 0.05) is 13.5 Å². The van der Waals surface area contributed by atoms with Crippen molar-refractivity contribution in [2.75, 3.05) is 7.11 Å². The van der Waals surface area contributed by atoms with E-state index in [1.54, 1.807) is 19.2 Å². The van der Waals surface area contributed by atoms with Crippen LogP contribution in [0.15, 0.2) is 42.5 Å². The van der Waals surface area contributed by atoms with E-state index in [-0.39, 0.29) is 5.02 Å². The molecule has 0 aliphatic rings. The fraction of sp³-hybridized carbons (Fsp3) is 0.250. The van der Waals surface area contributed by atoms with Crippen molar-refractivity contribution in [2.45, 2.75) is 19.1 Å². The number of rotatable bonds is 5. The van der Waals surface area contributed by atoms with E-state index in [1.807, 2.05) is 24.3 Å². The van der Waals surface area contributed by atoms with Gasteiger partial charge in [-0.3, -0.25) is 0 Å². The highest BCUT2D eigenvalue weighted by Crippen LogP contribution is 2.23. The van der Waals surface area contributed by atoms with Gasteiger partial charge in [0.25, 0.3) is 0 Å². The molecule has 0 fully saturated rings. The molecule has 0 bridgehead atoms. The molecule has 20 heavy (non-hydrogen) atoms. The Balaban J connectivity index is 2.12. The minimum absolute atomic E-state index is 0.0721. The molecular formula is C16H16ClFO2. The molecule has 4 heteroatoms. The molecule has 0 radical (unpaired) electrons. The number of benzene rings is 2. The number of aliphatic hydroxyl groups is 1. The molecule has 0 spiro atoms. The molecule has 2 aromatic rings. The first-order chi connectivity index (χ1) is 9.60. The Labute approximate surface area is 122 Å². The van der Waals surface area contributed by atoms with Crippen molar-refractivity contribution >= 4 is 11.6 Å². The molecule has 0 saturated heterocycles. The van der Waals surface area contributed by atoms with Gasteiger partial charge in [-0.25, -0.2) is 4.39 Å². The zero-order chi connectivity index (χ0) is 14.5. The Morgan fingerprint density at radius 3 is 2.70 bits per heavy atom. The Kier molecular flexibility index (Phi) is 5.12. The first-order valence-corrected chi connectivity index (χ1v) is 6.67. The van der Waals surface area contributed by atoms with Gasteiger partial charge in [0.05, 0.1) is 17.7 Å². The quantitative estimate of drug-likeness (QED) is 0.906. The molecule has 2 rings (SSSR count). The van der Waals surface area contributed by atoms with E-state index in [0.717, 1.165) is 16.7 Å². The van der Waals surface area contributed by atoms with E-state index in [4.69, 9.17) is 16.3 Å². The average Bonchev–Trinajstić information content (AvgIpc) is 2.43. The molecule has 0 amide bonds. The third-order valence-electron chi connectivity index (χ3n) is 3.06. The summed E-state index contributed by atoms with van der Waals surface area (Å²) >= 11 is 5.74. The Bertz CT molecular complexity index is 586. The predicted molar refractivity (Wildman–Crippen MR) is 77.2 cm³/mol. The summed E-state index contributed by atoms with van der Waals surface area (Å²) in [5.74, 6) is -0.452. The van der Waals surface area contributed by atoms with Gasteiger partial charge >= 0.3 is 0 Å². The maximum absolute atomic E-state index is 13.1. The van der Waals surface area contributed by atoms with Crippen LogP contribution in [-0.4, -0.2) is 12.2 Å². The largest absolute Gasteiger partial charge is 0.388 e. The highest BCUT2D eigenvalue weighted by atomic mass is 35.5. The van der Waals surface area contributed by atoms with Crippen molar-refractivity contribution in [2.24, 2.45) is 0 Å². The summed E-state index contributed by atoms with van der Waals surface area (Å²) in [5.41, 5.74) is 2.60. The van der Waals surface area contributed by atoms with Crippen LogP contribution in [0.4, 0.5) is 4.39 Å². The van der Waals surface area contributed by atoms with Gasteiger partial charge < -0.3 is 9.84 Å². The molecule has 0 aromatic heterocycles. The summed E-state index contributed by atoms with van der Waals surface area (Å²) in [4.78, 5) is 0. The molecule has 0 heterocycles. The van der Waals surface area contributed by atoms with Crippen molar-refractivity contribution < 1.29 is 14.2 Å². The molecule has 2 aromatic carbocycles. The van der Waals surface area contributed by atoms with Gasteiger partial charge in [-0.1, -0.05) is 41.9 Å². The molecule has 1 N–H and O–H groups in total. The van der Waals surface area contributed by atoms with Crippen LogP contribution in [0, 0.1) is 5.82 Å². The topological polar surface area (TPSA) is 29.5 Å². The van der Waals surface area contributed by atoms with Crippen molar-refractivity contribution in [1.82, 2.24) is 0 Å². The lowest BCUT2D eigenvalue weighted by Crippen LogP contribution is -2.03. The molecule has 0 saturated carbocycles. The fourth-order valence-electron chi connectivity index (χ4n) is 2.06. The second-order valence-electron chi connectivity index (χ2n) is 4.65. The number of hydrogen-bond acceptors (Lipinski definition) is 2. The molecule has 0 aliphatic heterocycles.